The van der Waals surface area contributed by atoms with Crippen LogP contribution in [0.25, 0.3) is 11.0 Å². The van der Waals surface area contributed by atoms with Gasteiger partial charge in [-0.15, -0.1) is 0 Å². The summed E-state index contributed by atoms with van der Waals surface area (Å²) in [5.41, 5.74) is 0.562. The molecule has 0 spiro atoms. The molecule has 7 rings (SSSR count). The lowest BCUT2D eigenvalue weighted by atomic mass is 9.86. The Labute approximate surface area is 280 Å². The Hall–Kier alpha value is -4.19. The van der Waals surface area contributed by atoms with Gasteiger partial charge in [0.2, 0.25) is 0 Å². The summed E-state index contributed by atoms with van der Waals surface area (Å²) in [6.07, 6.45) is 2.49. The number of aliphatic hydroxyl groups is 6. The molecule has 1 unspecified atom stereocenters. The third kappa shape index (κ3) is 5.71. The number of ether oxygens (including phenoxy) is 1. The Morgan fingerprint density at radius 3 is 2.65 bits per heavy atom. The molecule has 5 aliphatic heterocycles. The molecular weight excluding hydrogens is 640 g/mol. The summed E-state index contributed by atoms with van der Waals surface area (Å²) in [4.78, 5) is 36.2. The van der Waals surface area contributed by atoms with Crippen LogP contribution < -0.4 is 15.1 Å². The maximum absolute atomic E-state index is 13.2. The van der Waals surface area contributed by atoms with Crippen LogP contribution >= 0.6 is 0 Å². The number of β-amino-alcohol motifs (C(OH)–C–C–N with tert-alkyl or cyclic N) is 1. The van der Waals surface area contributed by atoms with Crippen LogP contribution in [0.15, 0.2) is 78.4 Å². The minimum atomic E-state index is -2.52. The molecule has 0 fully saturated rings. The van der Waals surface area contributed by atoms with Gasteiger partial charge in [0.05, 0.1) is 42.2 Å². The number of aryl methyl sites for hydroxylation is 1. The molecule has 1 aromatic heterocycles. The number of hydrogen-bond acceptors (Lipinski definition) is 15. The number of anilines is 1. The zero-order valence-electron chi connectivity index (χ0n) is 27.1. The van der Waals surface area contributed by atoms with Gasteiger partial charge in [-0.25, -0.2) is 9.78 Å². The molecule has 6 N–H and O–H groups in total. The topological polar surface area (TPSA) is 210 Å². The first kappa shape index (κ1) is 33.3. The Balaban J connectivity index is 1.13. The van der Waals surface area contributed by atoms with Crippen LogP contribution in [0.5, 0.6) is 5.75 Å². The number of rotatable bonds is 11. The minimum absolute atomic E-state index is 0.220. The van der Waals surface area contributed by atoms with Crippen molar-refractivity contribution < 1.29 is 49.6 Å². The molecule has 0 saturated heterocycles. The monoisotopic (exact) mass is 678 g/mol. The van der Waals surface area contributed by atoms with E-state index in [-0.39, 0.29) is 11.8 Å². The largest absolute Gasteiger partial charge is 0.482 e. The Morgan fingerprint density at radius 2 is 1.90 bits per heavy atom. The summed E-state index contributed by atoms with van der Waals surface area (Å²) in [6, 6.07) is 3.13. The summed E-state index contributed by atoms with van der Waals surface area (Å²) in [6.45, 7) is 3.63. The lowest BCUT2D eigenvalue weighted by molar-refractivity contribution is -0.363. The van der Waals surface area contributed by atoms with Crippen molar-refractivity contribution in [3.8, 4) is 5.75 Å². The molecular formula is C34H38N4O11. The Bertz CT molecular complexity index is 1930. The van der Waals surface area contributed by atoms with E-state index in [1.165, 1.54) is 23.3 Å². The number of nitrogens with zero attached hydrogens (tertiary/aromatic N) is 4. The molecule has 1 aromatic carbocycles. The van der Waals surface area contributed by atoms with Crippen LogP contribution in [-0.2, 0) is 16.2 Å². The van der Waals surface area contributed by atoms with Crippen LogP contribution in [0.2, 0.25) is 0 Å². The molecule has 49 heavy (non-hydrogen) atoms. The zero-order valence-corrected chi connectivity index (χ0v) is 27.1. The smallest absolute Gasteiger partial charge is 0.193 e. The van der Waals surface area contributed by atoms with Crippen molar-refractivity contribution in [2.24, 2.45) is 9.98 Å². The first-order chi connectivity index (χ1) is 23.3. The maximum Gasteiger partial charge on any atom is 0.193 e. The van der Waals surface area contributed by atoms with E-state index in [2.05, 4.69) is 9.98 Å². The van der Waals surface area contributed by atoms with Gasteiger partial charge < -0.3 is 49.6 Å². The van der Waals surface area contributed by atoms with Crippen molar-refractivity contribution in [1.82, 2.24) is 4.90 Å². The maximum atomic E-state index is 13.2. The molecule has 0 saturated carbocycles. The van der Waals surface area contributed by atoms with Crippen molar-refractivity contribution in [3.63, 3.8) is 0 Å². The number of hydrogen-bond donors (Lipinski definition) is 6. The number of benzene rings is 1. The fourth-order valence-electron chi connectivity index (χ4n) is 6.72. The van der Waals surface area contributed by atoms with Gasteiger partial charge in [0.25, 0.3) is 0 Å². The predicted octanol–water partition coefficient (Wildman–Crippen LogP) is 0.0962. The van der Waals surface area contributed by atoms with E-state index in [1.54, 1.807) is 39.1 Å². The number of aliphatic hydroxyl groups excluding tert-OH is 5. The third-order valence-electron chi connectivity index (χ3n) is 9.54. The molecule has 15 heteroatoms. The van der Waals surface area contributed by atoms with Gasteiger partial charge >= 0.3 is 0 Å². The molecule has 6 heterocycles. The first-order valence-corrected chi connectivity index (χ1v) is 15.9. The van der Waals surface area contributed by atoms with Crippen LogP contribution in [0.1, 0.15) is 25.2 Å². The van der Waals surface area contributed by atoms with E-state index in [1.807, 2.05) is 17.2 Å². The molecule has 0 aliphatic carbocycles. The molecule has 5 aliphatic rings. The minimum Gasteiger partial charge on any atom is -0.482 e. The number of fused-ring (bicyclic) bond motifs is 4. The van der Waals surface area contributed by atoms with E-state index >= 15 is 0 Å². The van der Waals surface area contributed by atoms with Gasteiger partial charge in [0.1, 0.15) is 59.9 Å². The standard InChI is InChI=1S/C34H38N4O11/c1-17-8-24(40)20-9-19-10-27(33(2,3)48-30(19)29(31(20)47-17)37-12-18-4-6-36-22(18)13-37)49-46-15-26(42)34(45,32(44)25(41)14-39)16-38-23-5-7-35-21(23)11-28(38)43/h4-9,11,13,25-28,32,39,41-45H,10,12,14-16H2,1-3H3/t25-,26+,27-,28?,32-,34-/m1/s1. The quantitative estimate of drug-likeness (QED) is 0.138. The SMILES string of the molecule is Cc1cc(=O)c2cc3c(c(N4C=C5N=CC=C5C4)c2o1)OC(C)(C)[C@H](OOC[C@H](O)[C@](O)(CN1C2=CC=NC2=CC1O)[C@H](O)[C@H](O)CO)C3. The van der Waals surface area contributed by atoms with Crippen LogP contribution in [0.4, 0.5) is 5.69 Å². The first-order valence-electron chi connectivity index (χ1n) is 15.9. The molecule has 0 bridgehead atoms. The second kappa shape index (κ2) is 12.3. The van der Waals surface area contributed by atoms with E-state index in [9.17, 15) is 35.4 Å². The summed E-state index contributed by atoms with van der Waals surface area (Å²) in [7, 11) is 0. The highest BCUT2D eigenvalue weighted by Gasteiger charge is 2.50. The van der Waals surface area contributed by atoms with Crippen molar-refractivity contribution in [2.75, 3.05) is 31.2 Å². The Morgan fingerprint density at radius 1 is 1.14 bits per heavy atom. The summed E-state index contributed by atoms with van der Waals surface area (Å²) >= 11 is 0. The highest BCUT2D eigenvalue weighted by Crippen LogP contribution is 2.47. The fraction of sp³-hybridized carbons (Fsp3) is 0.441. The average Bonchev–Trinajstić information content (AvgIpc) is 3.83. The van der Waals surface area contributed by atoms with E-state index < -0.39 is 61.6 Å². The van der Waals surface area contributed by atoms with Crippen molar-refractivity contribution in [2.45, 2.75) is 69.0 Å². The van der Waals surface area contributed by atoms with Crippen molar-refractivity contribution in [3.05, 3.63) is 80.8 Å². The van der Waals surface area contributed by atoms with Crippen LogP contribution in [-0.4, -0.2) is 116 Å². The van der Waals surface area contributed by atoms with E-state index in [0.717, 1.165) is 11.3 Å². The molecule has 0 radical (unpaired) electrons. The average molecular weight is 679 g/mol. The summed E-state index contributed by atoms with van der Waals surface area (Å²) < 4.78 is 12.7. The van der Waals surface area contributed by atoms with Crippen LogP contribution in [0, 0.1) is 6.92 Å². The van der Waals surface area contributed by atoms with Crippen LogP contribution in [0.3, 0.4) is 0 Å². The van der Waals surface area contributed by atoms with Gasteiger partial charge in [-0.05, 0) is 45.1 Å². The Kier molecular flexibility index (Phi) is 8.36. The lowest BCUT2D eigenvalue weighted by Gasteiger charge is -2.43. The lowest BCUT2D eigenvalue weighted by Crippen LogP contribution is -2.64. The highest BCUT2D eigenvalue weighted by molar-refractivity contribution is 5.96. The molecule has 15 nitrogen and oxygen atoms in total. The van der Waals surface area contributed by atoms with Crippen molar-refractivity contribution >= 4 is 29.1 Å². The number of aliphatic imine (C=N–C) groups is 2. The second-order valence-electron chi connectivity index (χ2n) is 13.3. The fourth-order valence-corrected chi connectivity index (χ4v) is 6.72. The molecule has 6 atom stereocenters. The second-order valence-corrected chi connectivity index (χ2v) is 13.3. The third-order valence-corrected chi connectivity index (χ3v) is 9.54. The van der Waals surface area contributed by atoms with Gasteiger partial charge in [-0.3, -0.25) is 14.8 Å². The van der Waals surface area contributed by atoms with E-state index in [0.29, 0.717) is 51.7 Å². The zero-order chi connectivity index (χ0) is 34.8. The van der Waals surface area contributed by atoms with Gasteiger partial charge in [-0.2, -0.15) is 0 Å². The van der Waals surface area contributed by atoms with Crippen molar-refractivity contribution in [1.29, 1.82) is 0 Å². The molecule has 260 valence electrons. The van der Waals surface area contributed by atoms with Gasteiger partial charge in [-0.1, -0.05) is 0 Å². The predicted molar refractivity (Wildman–Crippen MR) is 176 cm³/mol. The van der Waals surface area contributed by atoms with Gasteiger partial charge in [0.15, 0.2) is 16.8 Å². The summed E-state index contributed by atoms with van der Waals surface area (Å²) in [5, 5.41) is 64.4. The summed E-state index contributed by atoms with van der Waals surface area (Å²) in [5.74, 6) is 0.956. The van der Waals surface area contributed by atoms with E-state index in [4.69, 9.17) is 18.9 Å². The number of allylic oxidation sites excluding steroid dienone is 2. The molecule has 0 amide bonds. The normalized spacial score (nSPS) is 24.8. The molecule has 2 aromatic rings. The highest BCUT2D eigenvalue weighted by atomic mass is 17.2. The van der Waals surface area contributed by atoms with Gasteiger partial charge in [0, 0.05) is 42.3 Å².